The molecule has 5 nitrogen and oxygen atoms in total. The second kappa shape index (κ2) is 8.90. The lowest BCUT2D eigenvalue weighted by Gasteiger charge is -2.24. The number of hydrogen-bond acceptors (Lipinski definition) is 3. The van der Waals surface area contributed by atoms with Gasteiger partial charge in [-0.05, 0) is 43.5 Å². The minimum absolute atomic E-state index is 0.238. The van der Waals surface area contributed by atoms with Gasteiger partial charge in [0.1, 0.15) is 11.3 Å². The number of benzene rings is 1. The van der Waals surface area contributed by atoms with Crippen LogP contribution in [0.25, 0.3) is 11.2 Å². The fourth-order valence-corrected chi connectivity index (χ4v) is 4.25. The Balaban J connectivity index is 1.71. The molecule has 0 aliphatic heterocycles. The van der Waals surface area contributed by atoms with Crippen molar-refractivity contribution < 1.29 is 13.6 Å². The highest BCUT2D eigenvalue weighted by Gasteiger charge is 2.27. The van der Waals surface area contributed by atoms with Gasteiger partial charge in [0, 0.05) is 18.8 Å². The number of imidazole rings is 1. The highest BCUT2D eigenvalue weighted by molar-refractivity contribution is 5.94. The van der Waals surface area contributed by atoms with Gasteiger partial charge in [-0.3, -0.25) is 4.79 Å². The van der Waals surface area contributed by atoms with Crippen molar-refractivity contribution in [1.82, 2.24) is 19.4 Å². The molecule has 3 aromatic rings. The number of carbonyl (C=O) groups is 1. The van der Waals surface area contributed by atoms with E-state index in [0.29, 0.717) is 12.6 Å². The summed E-state index contributed by atoms with van der Waals surface area (Å²) in [6.45, 7) is 2.72. The van der Waals surface area contributed by atoms with Crippen LogP contribution in [-0.2, 0) is 6.54 Å². The van der Waals surface area contributed by atoms with Crippen molar-refractivity contribution in [3.8, 4) is 0 Å². The molecule has 1 aliphatic rings. The molecule has 0 radical (unpaired) electrons. The Hall–Kier alpha value is -2.83. The number of fused-ring (bicyclic) bond motifs is 1. The molecule has 1 aromatic carbocycles. The van der Waals surface area contributed by atoms with Crippen molar-refractivity contribution >= 4 is 17.1 Å². The smallest absolute Gasteiger partial charge is 0.257 e. The predicted octanol–water partition coefficient (Wildman–Crippen LogP) is 5.27. The Morgan fingerprint density at radius 2 is 2.00 bits per heavy atom. The molecule has 0 spiro atoms. The second-order valence-corrected chi connectivity index (χ2v) is 7.86. The van der Waals surface area contributed by atoms with E-state index in [-0.39, 0.29) is 12.1 Å². The molecule has 2 aromatic heterocycles. The maximum absolute atomic E-state index is 14.3. The Kier molecular flexibility index (Phi) is 6.06. The molecule has 30 heavy (non-hydrogen) atoms. The zero-order valence-electron chi connectivity index (χ0n) is 17.2. The number of nitrogens with zero attached hydrogens (tertiary/aromatic N) is 4. The van der Waals surface area contributed by atoms with E-state index in [1.54, 1.807) is 11.1 Å². The summed E-state index contributed by atoms with van der Waals surface area (Å²) in [5.74, 6) is -1.89. The highest BCUT2D eigenvalue weighted by atomic mass is 19.2. The number of aromatic nitrogens is 3. The van der Waals surface area contributed by atoms with Crippen molar-refractivity contribution in [2.45, 2.75) is 58.0 Å². The van der Waals surface area contributed by atoms with Gasteiger partial charge in [0.25, 0.3) is 5.91 Å². The maximum Gasteiger partial charge on any atom is 0.257 e. The van der Waals surface area contributed by atoms with Crippen LogP contribution in [0.5, 0.6) is 0 Å². The van der Waals surface area contributed by atoms with E-state index in [1.807, 2.05) is 19.1 Å². The zero-order chi connectivity index (χ0) is 21.1. The Labute approximate surface area is 174 Å². The molecule has 1 aliphatic carbocycles. The largest absolute Gasteiger partial charge is 0.331 e. The van der Waals surface area contributed by atoms with E-state index in [9.17, 15) is 13.6 Å². The van der Waals surface area contributed by atoms with Gasteiger partial charge >= 0.3 is 0 Å². The predicted molar refractivity (Wildman–Crippen MR) is 111 cm³/mol. The SMILES string of the molecule is CCCCN(Cc1nc2cccnc2n1C1CCCC1)C(=O)c1cccc(F)c1F. The summed E-state index contributed by atoms with van der Waals surface area (Å²) < 4.78 is 30.2. The van der Waals surface area contributed by atoms with E-state index < -0.39 is 17.5 Å². The number of unbranched alkanes of at least 4 members (excludes halogenated alkanes) is 1. The summed E-state index contributed by atoms with van der Waals surface area (Å²) in [7, 11) is 0. The van der Waals surface area contributed by atoms with Gasteiger partial charge in [-0.1, -0.05) is 32.3 Å². The molecular formula is C23H26F2N4O. The summed E-state index contributed by atoms with van der Waals surface area (Å²) in [4.78, 5) is 24.0. The summed E-state index contributed by atoms with van der Waals surface area (Å²) in [5, 5.41) is 0. The van der Waals surface area contributed by atoms with E-state index in [0.717, 1.165) is 61.6 Å². The molecule has 7 heteroatoms. The van der Waals surface area contributed by atoms with Crippen molar-refractivity contribution in [3.05, 3.63) is 59.6 Å². The lowest BCUT2D eigenvalue weighted by Crippen LogP contribution is -2.33. The average Bonchev–Trinajstić information content (AvgIpc) is 3.39. The zero-order valence-corrected chi connectivity index (χ0v) is 17.2. The Bertz CT molecular complexity index is 1040. The molecular weight excluding hydrogens is 386 g/mol. The molecule has 0 N–H and O–H groups in total. The molecule has 1 amide bonds. The molecule has 0 unspecified atom stereocenters. The van der Waals surface area contributed by atoms with E-state index in [2.05, 4.69) is 9.55 Å². The third kappa shape index (κ3) is 3.93. The van der Waals surface area contributed by atoms with Crippen LogP contribution in [0.4, 0.5) is 8.78 Å². The minimum atomic E-state index is -1.10. The maximum atomic E-state index is 14.3. The van der Waals surface area contributed by atoms with Gasteiger partial charge in [0.05, 0.1) is 12.1 Å². The lowest BCUT2D eigenvalue weighted by atomic mass is 10.1. The Morgan fingerprint density at radius 1 is 1.20 bits per heavy atom. The number of amides is 1. The van der Waals surface area contributed by atoms with E-state index in [4.69, 9.17) is 4.98 Å². The van der Waals surface area contributed by atoms with Crippen molar-refractivity contribution in [2.75, 3.05) is 6.54 Å². The molecule has 158 valence electrons. The van der Waals surface area contributed by atoms with Crippen LogP contribution >= 0.6 is 0 Å². The van der Waals surface area contributed by atoms with Gasteiger partial charge in [-0.15, -0.1) is 0 Å². The first-order valence-electron chi connectivity index (χ1n) is 10.6. The Morgan fingerprint density at radius 3 is 2.77 bits per heavy atom. The van der Waals surface area contributed by atoms with Crippen LogP contribution < -0.4 is 0 Å². The first-order valence-corrected chi connectivity index (χ1v) is 10.6. The number of halogens is 2. The van der Waals surface area contributed by atoms with Crippen LogP contribution in [0.3, 0.4) is 0 Å². The molecule has 4 rings (SSSR count). The monoisotopic (exact) mass is 412 g/mol. The highest BCUT2D eigenvalue weighted by Crippen LogP contribution is 2.33. The third-order valence-corrected chi connectivity index (χ3v) is 5.79. The number of carbonyl (C=O) groups excluding carboxylic acids is 1. The van der Waals surface area contributed by atoms with Gasteiger partial charge < -0.3 is 9.47 Å². The summed E-state index contributed by atoms with van der Waals surface area (Å²) >= 11 is 0. The fourth-order valence-electron chi connectivity index (χ4n) is 4.25. The second-order valence-electron chi connectivity index (χ2n) is 7.86. The van der Waals surface area contributed by atoms with E-state index >= 15 is 0 Å². The van der Waals surface area contributed by atoms with Crippen LogP contribution in [0.15, 0.2) is 36.5 Å². The number of rotatable bonds is 7. The normalized spacial score (nSPS) is 14.5. The van der Waals surface area contributed by atoms with Crippen LogP contribution in [-0.4, -0.2) is 31.9 Å². The molecule has 0 saturated heterocycles. The van der Waals surface area contributed by atoms with Gasteiger partial charge in [0.15, 0.2) is 17.3 Å². The standard InChI is InChI=1S/C23H26F2N4O/c1-2-3-14-28(23(30)17-10-6-11-18(24)21(17)25)15-20-27-19-12-7-13-26-22(19)29(20)16-8-4-5-9-16/h6-7,10-13,16H,2-5,8-9,14-15H2,1H3. The molecule has 1 fully saturated rings. The van der Waals surface area contributed by atoms with Gasteiger partial charge in [0.2, 0.25) is 0 Å². The van der Waals surface area contributed by atoms with Crippen molar-refractivity contribution in [2.24, 2.45) is 0 Å². The topological polar surface area (TPSA) is 51.0 Å². The molecule has 2 heterocycles. The van der Waals surface area contributed by atoms with Gasteiger partial charge in [-0.2, -0.15) is 0 Å². The first kappa shape index (κ1) is 20.4. The van der Waals surface area contributed by atoms with Crippen LogP contribution in [0, 0.1) is 11.6 Å². The van der Waals surface area contributed by atoms with Crippen LogP contribution in [0.1, 0.15) is 67.7 Å². The van der Waals surface area contributed by atoms with E-state index in [1.165, 1.54) is 12.1 Å². The number of pyridine rings is 1. The first-order chi connectivity index (χ1) is 14.6. The minimum Gasteiger partial charge on any atom is -0.331 e. The van der Waals surface area contributed by atoms with Crippen molar-refractivity contribution in [1.29, 1.82) is 0 Å². The molecule has 1 saturated carbocycles. The average molecular weight is 412 g/mol. The third-order valence-electron chi connectivity index (χ3n) is 5.79. The summed E-state index contributed by atoms with van der Waals surface area (Å²) in [6, 6.07) is 7.78. The molecule has 0 atom stereocenters. The van der Waals surface area contributed by atoms with Crippen LogP contribution in [0.2, 0.25) is 0 Å². The quantitative estimate of drug-likeness (QED) is 0.531. The fraction of sp³-hybridized carbons (Fsp3) is 0.435. The molecule has 0 bridgehead atoms. The van der Waals surface area contributed by atoms with Crippen molar-refractivity contribution in [3.63, 3.8) is 0 Å². The summed E-state index contributed by atoms with van der Waals surface area (Å²) in [6.07, 6.45) is 7.82. The summed E-state index contributed by atoms with van der Waals surface area (Å²) in [5.41, 5.74) is 1.37. The van der Waals surface area contributed by atoms with Gasteiger partial charge in [-0.25, -0.2) is 18.7 Å². The number of hydrogen-bond donors (Lipinski definition) is 0. The lowest BCUT2D eigenvalue weighted by molar-refractivity contribution is 0.0728.